The van der Waals surface area contributed by atoms with Gasteiger partial charge in [0.25, 0.3) is 5.56 Å². The first-order valence-corrected chi connectivity index (χ1v) is 9.24. The van der Waals surface area contributed by atoms with Gasteiger partial charge in [0.2, 0.25) is 0 Å². The van der Waals surface area contributed by atoms with E-state index in [9.17, 15) is 9.90 Å². The normalized spacial score (nSPS) is 11.0. The van der Waals surface area contributed by atoms with Crippen LogP contribution in [0.1, 0.15) is 5.56 Å². The number of aromatic nitrogens is 2. The third-order valence-electron chi connectivity index (χ3n) is 3.36. The van der Waals surface area contributed by atoms with Crippen LogP contribution in [0.3, 0.4) is 0 Å². The summed E-state index contributed by atoms with van der Waals surface area (Å²) in [5.74, 6) is 0.104. The molecule has 0 aliphatic heterocycles. The lowest BCUT2D eigenvalue weighted by Crippen LogP contribution is -2.22. The molecule has 132 valence electrons. The van der Waals surface area contributed by atoms with E-state index in [-0.39, 0.29) is 16.5 Å². The molecule has 2 aromatic carbocycles. The predicted molar refractivity (Wildman–Crippen MR) is 110 cm³/mol. The maximum Gasteiger partial charge on any atom is 0.292 e. The number of hydrazone groups is 1. The maximum absolute atomic E-state index is 12.4. The van der Waals surface area contributed by atoms with Gasteiger partial charge in [0.05, 0.1) is 27.0 Å². The first-order chi connectivity index (χ1) is 12.5. The van der Waals surface area contributed by atoms with E-state index in [2.05, 4.69) is 47.5 Å². The number of nitrogens with one attached hydrogen (secondary N) is 1. The second kappa shape index (κ2) is 8.03. The van der Waals surface area contributed by atoms with Crippen LogP contribution in [-0.4, -0.2) is 21.1 Å². The Morgan fingerprint density at radius 3 is 2.50 bits per heavy atom. The molecule has 1 heterocycles. The number of nitrogens with zero attached hydrogens (tertiary/aromatic N) is 3. The van der Waals surface area contributed by atoms with Crippen molar-refractivity contribution in [3.63, 3.8) is 0 Å². The molecule has 26 heavy (non-hydrogen) atoms. The number of hydrogen-bond acceptors (Lipinski definition) is 5. The van der Waals surface area contributed by atoms with Crippen LogP contribution >= 0.6 is 43.5 Å². The van der Waals surface area contributed by atoms with Gasteiger partial charge in [-0.15, -0.1) is 0 Å². The molecule has 3 aromatic rings. The van der Waals surface area contributed by atoms with E-state index < -0.39 is 5.56 Å². The quantitative estimate of drug-likeness (QED) is 0.408. The Balaban J connectivity index is 1.83. The molecule has 0 saturated heterocycles. The molecule has 0 atom stereocenters. The first kappa shape index (κ1) is 18.6. The van der Waals surface area contributed by atoms with Crippen LogP contribution in [0.2, 0.25) is 5.02 Å². The molecule has 0 spiro atoms. The summed E-state index contributed by atoms with van der Waals surface area (Å²) < 4.78 is 2.27. The first-order valence-electron chi connectivity index (χ1n) is 7.27. The molecule has 0 bridgehead atoms. The number of halogens is 3. The molecule has 0 saturated carbocycles. The minimum Gasteiger partial charge on any atom is -0.506 e. The average Bonchev–Trinajstić information content (AvgIpc) is 2.64. The molecular weight excluding hydrogens is 487 g/mol. The summed E-state index contributed by atoms with van der Waals surface area (Å²) in [5.41, 5.74) is 3.88. The Kier molecular flexibility index (Phi) is 5.75. The number of benzene rings is 2. The van der Waals surface area contributed by atoms with Gasteiger partial charge in [-0.3, -0.25) is 10.2 Å². The SMILES string of the molecule is O=c1c(Cl)c(N/N=C\c2cc(Br)c(O)c(Br)c2)cnn1-c1ccccc1. The monoisotopic (exact) mass is 496 g/mol. The van der Waals surface area contributed by atoms with E-state index in [1.807, 2.05) is 18.2 Å². The molecule has 0 aliphatic rings. The highest BCUT2D eigenvalue weighted by Gasteiger charge is 2.10. The number of rotatable bonds is 4. The summed E-state index contributed by atoms with van der Waals surface area (Å²) in [6, 6.07) is 12.4. The van der Waals surface area contributed by atoms with Crippen molar-refractivity contribution in [2.24, 2.45) is 5.10 Å². The zero-order valence-corrected chi connectivity index (χ0v) is 17.0. The van der Waals surface area contributed by atoms with Crippen LogP contribution < -0.4 is 11.0 Å². The Bertz CT molecular complexity index is 1020. The Morgan fingerprint density at radius 1 is 1.19 bits per heavy atom. The molecule has 9 heteroatoms. The summed E-state index contributed by atoms with van der Waals surface area (Å²) in [4.78, 5) is 12.4. The highest BCUT2D eigenvalue weighted by molar-refractivity contribution is 9.11. The highest BCUT2D eigenvalue weighted by Crippen LogP contribution is 2.32. The Hall–Kier alpha value is -2.16. The smallest absolute Gasteiger partial charge is 0.292 e. The average molecular weight is 499 g/mol. The fourth-order valence-electron chi connectivity index (χ4n) is 2.10. The molecular formula is C17H11Br2ClN4O2. The molecule has 0 radical (unpaired) electrons. The minimum atomic E-state index is -0.451. The van der Waals surface area contributed by atoms with Crippen molar-refractivity contribution in [3.05, 3.63) is 78.5 Å². The highest BCUT2D eigenvalue weighted by atomic mass is 79.9. The van der Waals surface area contributed by atoms with E-state index >= 15 is 0 Å². The van der Waals surface area contributed by atoms with Crippen molar-refractivity contribution in [1.82, 2.24) is 9.78 Å². The van der Waals surface area contributed by atoms with Crippen LogP contribution in [0, 0.1) is 0 Å². The largest absolute Gasteiger partial charge is 0.506 e. The molecule has 6 nitrogen and oxygen atoms in total. The number of para-hydroxylation sites is 1. The van der Waals surface area contributed by atoms with E-state index in [0.717, 1.165) is 5.56 Å². The van der Waals surface area contributed by atoms with Crippen LogP contribution in [0.15, 0.2) is 67.5 Å². The lowest BCUT2D eigenvalue weighted by Gasteiger charge is -2.07. The van der Waals surface area contributed by atoms with Gasteiger partial charge >= 0.3 is 0 Å². The lowest BCUT2D eigenvalue weighted by atomic mass is 10.2. The van der Waals surface area contributed by atoms with Crippen LogP contribution in [0.25, 0.3) is 5.69 Å². The summed E-state index contributed by atoms with van der Waals surface area (Å²) in [6.07, 6.45) is 2.95. The second-order valence-corrected chi connectivity index (χ2v) is 7.21. The molecule has 0 unspecified atom stereocenters. The second-order valence-electron chi connectivity index (χ2n) is 5.13. The van der Waals surface area contributed by atoms with E-state index in [1.165, 1.54) is 17.1 Å². The van der Waals surface area contributed by atoms with E-state index in [0.29, 0.717) is 14.6 Å². The topological polar surface area (TPSA) is 79.5 Å². The lowest BCUT2D eigenvalue weighted by molar-refractivity contribution is 0.468. The van der Waals surface area contributed by atoms with Crippen molar-refractivity contribution in [2.75, 3.05) is 5.43 Å². The van der Waals surface area contributed by atoms with E-state index in [1.54, 1.807) is 24.3 Å². The maximum atomic E-state index is 12.4. The van der Waals surface area contributed by atoms with Crippen molar-refractivity contribution in [2.45, 2.75) is 0 Å². The van der Waals surface area contributed by atoms with Crippen LogP contribution in [-0.2, 0) is 0 Å². The fourth-order valence-corrected chi connectivity index (χ4v) is 3.49. The minimum absolute atomic E-state index is 0.0194. The zero-order chi connectivity index (χ0) is 18.7. The zero-order valence-electron chi connectivity index (χ0n) is 13.0. The van der Waals surface area contributed by atoms with Gasteiger partial charge in [-0.05, 0) is 61.7 Å². The molecule has 0 aliphatic carbocycles. The van der Waals surface area contributed by atoms with Gasteiger partial charge in [0, 0.05) is 0 Å². The standard InChI is InChI=1S/C17H11Br2ClN4O2/c18-12-6-10(7-13(19)16(12)25)8-21-23-14-9-22-24(17(26)15(14)20)11-4-2-1-3-5-11/h1-9,23,25H/b21-8-. The number of phenols is 1. The number of aromatic hydroxyl groups is 1. The summed E-state index contributed by atoms with van der Waals surface area (Å²) >= 11 is 12.6. The van der Waals surface area contributed by atoms with Crippen molar-refractivity contribution in [1.29, 1.82) is 0 Å². The molecule has 0 amide bonds. The molecule has 1 aromatic heterocycles. The predicted octanol–water partition coefficient (Wildman–Crippen LogP) is 4.56. The van der Waals surface area contributed by atoms with Gasteiger partial charge in [-0.25, -0.2) is 0 Å². The number of anilines is 1. The van der Waals surface area contributed by atoms with Gasteiger partial charge in [0.1, 0.15) is 16.5 Å². The Labute approximate surface area is 170 Å². The summed E-state index contributed by atoms with van der Waals surface area (Å²) in [6.45, 7) is 0. The molecule has 2 N–H and O–H groups in total. The van der Waals surface area contributed by atoms with Crippen LogP contribution in [0.5, 0.6) is 5.75 Å². The van der Waals surface area contributed by atoms with Crippen molar-refractivity contribution in [3.8, 4) is 11.4 Å². The van der Waals surface area contributed by atoms with Gasteiger partial charge in [0.15, 0.2) is 0 Å². The fraction of sp³-hybridized carbons (Fsp3) is 0. The van der Waals surface area contributed by atoms with E-state index in [4.69, 9.17) is 11.6 Å². The van der Waals surface area contributed by atoms with Gasteiger partial charge < -0.3 is 5.11 Å². The van der Waals surface area contributed by atoms with Gasteiger partial charge in [-0.1, -0.05) is 29.8 Å². The third-order valence-corrected chi connectivity index (χ3v) is 4.93. The molecule has 0 fully saturated rings. The Morgan fingerprint density at radius 2 is 1.85 bits per heavy atom. The third kappa shape index (κ3) is 3.98. The van der Waals surface area contributed by atoms with Gasteiger partial charge in [-0.2, -0.15) is 14.9 Å². The van der Waals surface area contributed by atoms with Crippen molar-refractivity contribution >= 4 is 55.4 Å². The number of hydrogen-bond donors (Lipinski definition) is 2. The summed E-state index contributed by atoms with van der Waals surface area (Å²) in [5, 5.41) is 17.9. The summed E-state index contributed by atoms with van der Waals surface area (Å²) in [7, 11) is 0. The van der Waals surface area contributed by atoms with Crippen LogP contribution in [0.4, 0.5) is 5.69 Å². The molecule has 3 rings (SSSR count). The van der Waals surface area contributed by atoms with Crippen molar-refractivity contribution < 1.29 is 5.11 Å². The number of phenolic OH excluding ortho intramolecular Hbond substituents is 1.